The molecule has 8 aliphatic rings. The van der Waals surface area contributed by atoms with Gasteiger partial charge in [-0.05, 0) is 220 Å². The highest BCUT2D eigenvalue weighted by atomic mass is 32.6. The van der Waals surface area contributed by atoms with Crippen LogP contribution in [0, 0.1) is 59.2 Å². The predicted octanol–water partition coefficient (Wildman–Crippen LogP) is 13.8. The molecule has 90 heavy (non-hydrogen) atoms. The summed E-state index contributed by atoms with van der Waals surface area (Å²) in [5, 5.41) is 22.1. The van der Waals surface area contributed by atoms with Crippen molar-refractivity contribution >= 4 is 64.8 Å². The smallest absolute Gasteiger partial charge is 0.184 e. The Kier molecular flexibility index (Phi) is 21.9. The number of phenolic OH excluding ortho intramolecular Hbond substituents is 1. The Hall–Kier alpha value is -6.71. The molecule has 13 rings (SSSR count). The van der Waals surface area contributed by atoms with Crippen LogP contribution in [0.5, 0.6) is 11.5 Å². The lowest BCUT2D eigenvalue weighted by Crippen LogP contribution is -2.43. The van der Waals surface area contributed by atoms with E-state index in [1.807, 2.05) is 43.3 Å². The van der Waals surface area contributed by atoms with Crippen LogP contribution in [0.3, 0.4) is 0 Å². The summed E-state index contributed by atoms with van der Waals surface area (Å²) < 4.78 is 5.95. The minimum absolute atomic E-state index is 0.179. The number of carbonyl (C=O) groups is 4. The highest BCUT2D eigenvalue weighted by Crippen LogP contribution is 2.67. The van der Waals surface area contributed by atoms with Crippen molar-refractivity contribution in [3.05, 3.63) is 196 Å². The number of nitrogens with zero attached hydrogens (tertiary/aromatic N) is 2. The first-order chi connectivity index (χ1) is 43.6. The van der Waals surface area contributed by atoms with E-state index in [1.165, 1.54) is 60.5 Å². The van der Waals surface area contributed by atoms with E-state index in [0.29, 0.717) is 80.7 Å². The van der Waals surface area contributed by atoms with Gasteiger partial charge in [0.1, 0.15) is 45.6 Å². The number of rotatable bonds is 14. The standard InChI is InChI=1S/C30H35NO3.C24H26O3.C18H15P2S.C6H11NO/c1-4-15-31(3)16-17-34-23-9-5-20(6-10-23)26-19-30(2)27(13-14-28(30)33)25-11-7-21-18-22(32)8-12-24(21)29(25)26;1-24-13-20(14-2-5-16(25)6-3-14)23-18-9-7-17(26)12-15(18)4-8-19(23)21(24)10-11-22(24)27;21-19-20(16-10-4-1-5-11-16,17-12-6-2-7-13-17)18-14-8-3-9-15-18;1-3-4-7(2)5-6-8/h1,5-6,9-10,18,25-27H,7-8,11-17,19H2,2-3H3;2-3,5-6,12,19-21,25H,4,7-11,13H2,1H3;1-15H;1,8H,4-6H2,2H3/q;;+1;/t25?,26-,27?,30+;19?,20-,21?,24+;;/m11../s1. The van der Waals surface area contributed by atoms with E-state index in [2.05, 4.69) is 146 Å². The van der Waals surface area contributed by atoms with Crippen LogP contribution in [0.4, 0.5) is 0 Å². The Bertz CT molecular complexity index is 3540. The number of aliphatic hydroxyl groups excluding tert-OH is 1. The molecule has 8 aliphatic carbocycles. The summed E-state index contributed by atoms with van der Waals surface area (Å²) in [6.45, 7) is 6.10. The number of fused-ring (bicyclic) bond motifs is 8. The van der Waals surface area contributed by atoms with Gasteiger partial charge in [-0.2, -0.15) is 0 Å². The fourth-order valence-corrected chi connectivity index (χ4v) is 24.0. The molecule has 5 aromatic rings. The minimum atomic E-state index is -1.75. The van der Waals surface area contributed by atoms with E-state index in [1.54, 1.807) is 12.1 Å². The molecule has 0 saturated heterocycles. The minimum Gasteiger partial charge on any atom is -0.508 e. The summed E-state index contributed by atoms with van der Waals surface area (Å²) in [5.74, 6) is 9.89. The summed E-state index contributed by atoms with van der Waals surface area (Å²) >= 11 is 5.65. The van der Waals surface area contributed by atoms with E-state index >= 15 is 0 Å². The first kappa shape index (κ1) is 66.2. The Morgan fingerprint density at radius 2 is 0.978 bits per heavy atom. The molecule has 0 heterocycles. The molecule has 4 fully saturated rings. The summed E-state index contributed by atoms with van der Waals surface area (Å²) in [4.78, 5) is 54.0. The predicted molar refractivity (Wildman–Crippen MR) is 370 cm³/mol. The topological polar surface area (TPSA) is 124 Å². The number of likely N-dealkylation sites (N-methyl/N-ethyl adjacent to an activating group) is 2. The van der Waals surface area contributed by atoms with E-state index in [9.17, 15) is 24.3 Å². The molecule has 12 heteroatoms. The quantitative estimate of drug-likeness (QED) is 0.0820. The van der Waals surface area contributed by atoms with Gasteiger partial charge in [0.15, 0.2) is 25.6 Å². The number of allylic oxidation sites excluding steroid dienone is 8. The number of aliphatic hydroxyl groups is 1. The van der Waals surface area contributed by atoms with Gasteiger partial charge in [0.2, 0.25) is 0 Å². The summed E-state index contributed by atoms with van der Waals surface area (Å²) in [7, 11) is 4.87. The molecule has 4 unspecified atom stereocenters. The molecule has 2 N–H and O–H groups in total. The van der Waals surface area contributed by atoms with Crippen LogP contribution in [0.1, 0.15) is 127 Å². The van der Waals surface area contributed by atoms with Gasteiger partial charge in [0.05, 0.1) is 19.7 Å². The lowest BCUT2D eigenvalue weighted by molar-refractivity contribution is -0.129. The lowest BCUT2D eigenvalue weighted by Gasteiger charge is -2.50. The zero-order valence-corrected chi connectivity index (χ0v) is 55.4. The number of terminal acetylenes is 2. The van der Waals surface area contributed by atoms with E-state index in [4.69, 9.17) is 34.5 Å². The first-order valence-corrected chi connectivity index (χ1v) is 36.7. The van der Waals surface area contributed by atoms with Crippen LogP contribution in [0.25, 0.3) is 0 Å². The Labute approximate surface area is 541 Å². The Morgan fingerprint density at radius 1 is 0.567 bits per heavy atom. The molecule has 466 valence electrons. The SMILES string of the molecule is C#CCN(C)CCO.C#CCN(C)CCOc1ccc([C@H]2C[C@]3(C)C(=O)CCC3C3CCC4=CC(=O)CCC4=C32)cc1.C[C@]12C[C@H](c3ccc(O)cc3)C3=C4CCC(=O)C=C4CCC3C1CCC2=O.S=P[P+](c1ccccc1)(c1ccccc1)c1ccccc1. The second kappa shape index (κ2) is 29.7. The molecule has 0 spiro atoms. The Morgan fingerprint density at radius 3 is 1.38 bits per heavy atom. The molecular weight excluding hydrogens is 1170 g/mol. The number of hydrogen-bond donors (Lipinski definition) is 2. The van der Waals surface area contributed by atoms with Crippen LogP contribution in [0.15, 0.2) is 185 Å². The van der Waals surface area contributed by atoms with Crippen molar-refractivity contribution in [3.63, 3.8) is 0 Å². The molecule has 0 bridgehead atoms. The molecule has 5 aromatic carbocycles. The van der Waals surface area contributed by atoms with Gasteiger partial charge in [-0.3, -0.25) is 29.0 Å². The van der Waals surface area contributed by atoms with Gasteiger partial charge in [-0.15, -0.1) is 12.8 Å². The fourth-order valence-electron chi connectivity index (χ4n) is 16.4. The van der Waals surface area contributed by atoms with Crippen LogP contribution in [-0.4, -0.2) is 96.6 Å². The normalized spacial score (nSPS) is 25.6. The van der Waals surface area contributed by atoms with Crippen LogP contribution >= 0.6 is 14.0 Å². The maximum Gasteiger partial charge on any atom is 0.184 e. The maximum atomic E-state index is 13.1. The zero-order chi connectivity index (χ0) is 63.6. The second-order valence-corrected chi connectivity index (χ2v) is 33.0. The van der Waals surface area contributed by atoms with Crippen molar-refractivity contribution in [3.8, 4) is 36.2 Å². The van der Waals surface area contributed by atoms with Crippen molar-refractivity contribution < 1.29 is 34.1 Å². The van der Waals surface area contributed by atoms with E-state index in [-0.39, 0.29) is 46.6 Å². The van der Waals surface area contributed by atoms with Gasteiger partial charge in [-0.25, -0.2) is 0 Å². The molecule has 0 aromatic heterocycles. The number of carbonyl (C=O) groups excluding carboxylic acids is 4. The summed E-state index contributed by atoms with van der Waals surface area (Å²) in [6.07, 6.45) is 26.3. The molecule has 9 nitrogen and oxygen atoms in total. The van der Waals surface area contributed by atoms with Gasteiger partial charge >= 0.3 is 0 Å². The zero-order valence-electron chi connectivity index (χ0n) is 52.8. The lowest BCUT2D eigenvalue weighted by atomic mass is 9.53. The highest BCUT2D eigenvalue weighted by molar-refractivity contribution is 8.51. The fraction of sp³-hybridized carbons (Fsp3) is 0.410. The van der Waals surface area contributed by atoms with Crippen LogP contribution in [0.2, 0.25) is 0 Å². The van der Waals surface area contributed by atoms with Gasteiger partial charge in [0.25, 0.3) is 0 Å². The summed E-state index contributed by atoms with van der Waals surface area (Å²) in [5.41, 5.74) is 10.4. The molecule has 0 aliphatic heterocycles. The number of benzene rings is 5. The van der Waals surface area contributed by atoms with Gasteiger partial charge in [-0.1, -0.05) is 116 Å². The van der Waals surface area contributed by atoms with Gasteiger partial charge in [0, 0.05) is 61.4 Å². The monoisotopic (exact) mass is 1260 g/mol. The number of ketones is 4. The average molecular weight is 1260 g/mol. The second-order valence-electron chi connectivity index (χ2n) is 26.3. The molecular formula is C78H87N2O7P2S+. The van der Waals surface area contributed by atoms with Crippen LogP contribution < -0.4 is 20.7 Å². The average Bonchev–Trinajstić information content (AvgIpc) is 1.38. The molecule has 0 radical (unpaired) electrons. The largest absolute Gasteiger partial charge is 0.508 e. The molecule has 8 atom stereocenters. The number of hydrogen-bond acceptors (Lipinski definition) is 10. The number of phenols is 1. The van der Waals surface area contributed by atoms with Crippen LogP contribution in [-0.2, 0) is 31.0 Å². The number of aromatic hydroxyl groups is 1. The van der Waals surface area contributed by atoms with Crippen molar-refractivity contribution in [1.29, 1.82) is 0 Å². The molecule has 4 saturated carbocycles. The van der Waals surface area contributed by atoms with E-state index < -0.39 is 6.95 Å². The molecule has 0 amide bonds. The van der Waals surface area contributed by atoms with Crippen molar-refractivity contribution in [2.24, 2.45) is 34.5 Å². The van der Waals surface area contributed by atoms with Gasteiger partial charge < -0.3 is 14.9 Å². The third-order valence-electron chi connectivity index (χ3n) is 20.9. The van der Waals surface area contributed by atoms with Crippen molar-refractivity contribution in [1.82, 2.24) is 9.80 Å². The summed E-state index contributed by atoms with van der Waals surface area (Å²) in [6, 6.07) is 48.2. The highest BCUT2D eigenvalue weighted by Gasteiger charge is 2.58. The first-order valence-electron chi connectivity index (χ1n) is 32.3. The third-order valence-corrected chi connectivity index (χ3v) is 29.3. The maximum absolute atomic E-state index is 13.1. The van der Waals surface area contributed by atoms with Crippen molar-refractivity contribution in [2.75, 3.05) is 53.5 Å². The number of Topliss-reactive ketones (excluding diaryl/α,β-unsaturated/α-hetero) is 2. The third kappa shape index (κ3) is 14.0. The van der Waals surface area contributed by atoms with E-state index in [0.717, 1.165) is 90.0 Å². The van der Waals surface area contributed by atoms with Crippen molar-refractivity contribution in [2.45, 2.75) is 116 Å². The Balaban J connectivity index is 0.000000143. The number of ether oxygens (including phenoxy) is 1.